The molecular weight excluding hydrogens is 279 g/mol. The predicted octanol–water partition coefficient (Wildman–Crippen LogP) is 2.57. The second-order valence-corrected chi connectivity index (χ2v) is 3.93. The fraction of sp³-hybridized carbons (Fsp3) is 0.600. The molecule has 0 aliphatic carbocycles. The number of rotatable bonds is 7. The van der Waals surface area contributed by atoms with Crippen molar-refractivity contribution in [2.75, 3.05) is 24.2 Å². The average molecular weight is 293 g/mol. The SMILES string of the molecule is CNc1ncc([N+](=O)[O-])c(NCCCCC(F)(F)F)n1. The molecule has 20 heavy (non-hydrogen) atoms. The molecule has 0 unspecified atom stereocenters. The lowest BCUT2D eigenvalue weighted by atomic mass is 10.2. The Hall–Kier alpha value is -2.13. The molecule has 1 aromatic rings. The third kappa shape index (κ3) is 5.24. The zero-order valence-electron chi connectivity index (χ0n) is 10.7. The van der Waals surface area contributed by atoms with Gasteiger partial charge in [-0.3, -0.25) is 10.1 Å². The maximum absolute atomic E-state index is 11.9. The summed E-state index contributed by atoms with van der Waals surface area (Å²) in [6.07, 6.45) is -3.83. The maximum atomic E-state index is 11.9. The molecule has 1 aromatic heterocycles. The summed E-state index contributed by atoms with van der Waals surface area (Å²) in [6.45, 7) is 0.164. The van der Waals surface area contributed by atoms with E-state index in [4.69, 9.17) is 0 Å². The Morgan fingerprint density at radius 1 is 1.40 bits per heavy atom. The summed E-state index contributed by atoms with van der Waals surface area (Å²) >= 11 is 0. The van der Waals surface area contributed by atoms with E-state index in [9.17, 15) is 23.3 Å². The number of alkyl halides is 3. The van der Waals surface area contributed by atoms with E-state index in [1.807, 2.05) is 0 Å². The lowest BCUT2D eigenvalue weighted by Crippen LogP contribution is -2.11. The van der Waals surface area contributed by atoms with E-state index in [1.165, 1.54) is 0 Å². The summed E-state index contributed by atoms with van der Waals surface area (Å²) in [5, 5.41) is 16.0. The van der Waals surface area contributed by atoms with Crippen molar-refractivity contribution >= 4 is 17.5 Å². The standard InChI is InChI=1S/C10H14F3N5O2/c1-14-9-16-6-7(18(19)20)8(17-9)15-5-3-2-4-10(11,12)13/h6H,2-5H2,1H3,(H2,14,15,16,17). The first-order chi connectivity index (χ1) is 9.33. The topological polar surface area (TPSA) is 93.0 Å². The number of aromatic nitrogens is 2. The Bertz CT molecular complexity index is 467. The van der Waals surface area contributed by atoms with Crippen LogP contribution >= 0.6 is 0 Å². The number of nitro groups is 1. The Balaban J connectivity index is 2.55. The molecule has 0 spiro atoms. The minimum Gasteiger partial charge on any atom is -0.364 e. The molecule has 0 fully saturated rings. The molecule has 7 nitrogen and oxygen atoms in total. The summed E-state index contributed by atoms with van der Waals surface area (Å²) in [6, 6.07) is 0. The van der Waals surface area contributed by atoms with E-state index in [0.717, 1.165) is 6.20 Å². The molecule has 0 amide bonds. The molecule has 0 saturated heterocycles. The van der Waals surface area contributed by atoms with Crippen LogP contribution in [0.15, 0.2) is 6.20 Å². The second kappa shape index (κ2) is 6.87. The van der Waals surface area contributed by atoms with Crippen molar-refractivity contribution in [1.29, 1.82) is 0 Å². The highest BCUT2D eigenvalue weighted by Crippen LogP contribution is 2.23. The van der Waals surface area contributed by atoms with Crippen LogP contribution in [0.3, 0.4) is 0 Å². The van der Waals surface area contributed by atoms with Crippen molar-refractivity contribution in [2.45, 2.75) is 25.4 Å². The number of hydrogen-bond acceptors (Lipinski definition) is 6. The highest BCUT2D eigenvalue weighted by atomic mass is 19.4. The largest absolute Gasteiger partial charge is 0.389 e. The highest BCUT2D eigenvalue weighted by molar-refractivity contribution is 5.56. The molecule has 0 aromatic carbocycles. The Kier molecular flexibility index (Phi) is 5.47. The normalized spacial score (nSPS) is 11.2. The molecule has 2 N–H and O–H groups in total. The van der Waals surface area contributed by atoms with Crippen LogP contribution in [0.25, 0.3) is 0 Å². The lowest BCUT2D eigenvalue weighted by molar-refractivity contribution is -0.384. The van der Waals surface area contributed by atoms with Gasteiger partial charge in [-0.15, -0.1) is 0 Å². The van der Waals surface area contributed by atoms with Gasteiger partial charge in [0.25, 0.3) is 0 Å². The summed E-state index contributed by atoms with van der Waals surface area (Å²) in [5.41, 5.74) is -0.320. The van der Waals surface area contributed by atoms with Gasteiger partial charge >= 0.3 is 11.9 Å². The van der Waals surface area contributed by atoms with E-state index < -0.39 is 17.5 Å². The summed E-state index contributed by atoms with van der Waals surface area (Å²) in [7, 11) is 1.55. The van der Waals surface area contributed by atoms with Crippen LogP contribution in [0.1, 0.15) is 19.3 Å². The third-order valence-corrected chi connectivity index (χ3v) is 2.37. The second-order valence-electron chi connectivity index (χ2n) is 3.93. The van der Waals surface area contributed by atoms with Gasteiger partial charge in [-0.05, 0) is 12.8 Å². The van der Waals surface area contributed by atoms with Crippen LogP contribution in [0.2, 0.25) is 0 Å². The van der Waals surface area contributed by atoms with Gasteiger partial charge in [0.05, 0.1) is 4.92 Å². The first-order valence-corrected chi connectivity index (χ1v) is 5.83. The van der Waals surface area contributed by atoms with Gasteiger partial charge in [-0.2, -0.15) is 18.2 Å². The van der Waals surface area contributed by atoms with Crippen molar-refractivity contribution in [3.63, 3.8) is 0 Å². The van der Waals surface area contributed by atoms with Crippen molar-refractivity contribution in [1.82, 2.24) is 9.97 Å². The van der Waals surface area contributed by atoms with Gasteiger partial charge in [0.1, 0.15) is 6.20 Å². The van der Waals surface area contributed by atoms with Gasteiger partial charge in [0, 0.05) is 20.0 Å². The zero-order valence-corrected chi connectivity index (χ0v) is 10.7. The minimum absolute atomic E-state index is 0.0126. The van der Waals surface area contributed by atoms with Crippen molar-refractivity contribution in [3.05, 3.63) is 16.3 Å². The van der Waals surface area contributed by atoms with Gasteiger partial charge in [-0.25, -0.2) is 4.98 Å². The molecule has 0 aliphatic heterocycles. The quantitative estimate of drug-likeness (QED) is 0.456. The fourth-order valence-corrected chi connectivity index (χ4v) is 1.42. The fourth-order valence-electron chi connectivity index (χ4n) is 1.42. The molecule has 0 bridgehead atoms. The van der Waals surface area contributed by atoms with E-state index >= 15 is 0 Å². The van der Waals surface area contributed by atoms with E-state index in [2.05, 4.69) is 20.6 Å². The van der Waals surface area contributed by atoms with Crippen LogP contribution in [0, 0.1) is 10.1 Å². The highest BCUT2D eigenvalue weighted by Gasteiger charge is 2.25. The van der Waals surface area contributed by atoms with Gasteiger partial charge in [0.15, 0.2) is 0 Å². The Morgan fingerprint density at radius 2 is 2.10 bits per heavy atom. The van der Waals surface area contributed by atoms with Gasteiger partial charge < -0.3 is 10.6 Å². The van der Waals surface area contributed by atoms with Crippen LogP contribution in [-0.4, -0.2) is 34.7 Å². The van der Waals surface area contributed by atoms with E-state index in [-0.39, 0.29) is 36.8 Å². The first-order valence-electron chi connectivity index (χ1n) is 5.83. The van der Waals surface area contributed by atoms with Crippen molar-refractivity contribution in [3.8, 4) is 0 Å². The van der Waals surface area contributed by atoms with Gasteiger partial charge in [0.2, 0.25) is 11.8 Å². The minimum atomic E-state index is -4.18. The van der Waals surface area contributed by atoms with Crippen molar-refractivity contribution < 1.29 is 18.1 Å². The van der Waals surface area contributed by atoms with Crippen LogP contribution in [-0.2, 0) is 0 Å². The number of hydrogen-bond donors (Lipinski definition) is 2. The van der Waals surface area contributed by atoms with Crippen LogP contribution in [0.5, 0.6) is 0 Å². The number of unbranched alkanes of at least 4 members (excludes halogenated alkanes) is 1. The zero-order chi connectivity index (χ0) is 15.2. The van der Waals surface area contributed by atoms with Crippen LogP contribution in [0.4, 0.5) is 30.6 Å². The molecule has 0 aliphatic rings. The molecule has 112 valence electrons. The molecule has 0 saturated carbocycles. The predicted molar refractivity (Wildman–Crippen MR) is 66.6 cm³/mol. The third-order valence-electron chi connectivity index (χ3n) is 2.37. The molecular formula is C10H14F3N5O2. The monoisotopic (exact) mass is 293 g/mol. The van der Waals surface area contributed by atoms with E-state index in [0.29, 0.717) is 0 Å². The molecule has 10 heteroatoms. The maximum Gasteiger partial charge on any atom is 0.389 e. The van der Waals surface area contributed by atoms with Crippen molar-refractivity contribution in [2.24, 2.45) is 0 Å². The number of nitrogens with zero attached hydrogens (tertiary/aromatic N) is 3. The van der Waals surface area contributed by atoms with Gasteiger partial charge in [-0.1, -0.05) is 0 Å². The molecule has 0 radical (unpaired) electrons. The first kappa shape index (κ1) is 15.9. The molecule has 1 rings (SSSR count). The molecule has 1 heterocycles. The summed E-state index contributed by atoms with van der Waals surface area (Å²) < 4.78 is 35.8. The average Bonchev–Trinajstić information content (AvgIpc) is 2.36. The Labute approximate surface area is 112 Å². The number of anilines is 2. The smallest absolute Gasteiger partial charge is 0.364 e. The van der Waals surface area contributed by atoms with Crippen LogP contribution < -0.4 is 10.6 Å². The summed E-state index contributed by atoms with van der Waals surface area (Å²) in [4.78, 5) is 17.7. The Morgan fingerprint density at radius 3 is 2.65 bits per heavy atom. The number of nitrogens with one attached hydrogen (secondary N) is 2. The molecule has 0 atom stereocenters. The lowest BCUT2D eigenvalue weighted by Gasteiger charge is -2.08. The summed E-state index contributed by atoms with van der Waals surface area (Å²) in [5.74, 6) is 0.176. The van der Waals surface area contributed by atoms with E-state index in [1.54, 1.807) is 7.05 Å². The number of halogens is 3.